The summed E-state index contributed by atoms with van der Waals surface area (Å²) in [5, 5.41) is 0. The van der Waals surface area contributed by atoms with Gasteiger partial charge in [0.1, 0.15) is 0 Å². The molecule has 2 atom stereocenters. The van der Waals surface area contributed by atoms with Crippen LogP contribution in [0, 0.1) is 0 Å². The molecule has 0 spiro atoms. The van der Waals surface area contributed by atoms with Gasteiger partial charge in [0.25, 0.3) is 0 Å². The highest BCUT2D eigenvalue weighted by Crippen LogP contribution is 2.30. The molecule has 35 heavy (non-hydrogen) atoms. The average molecular weight is 555 g/mol. The molecule has 2 unspecified atom stereocenters. The summed E-state index contributed by atoms with van der Waals surface area (Å²) in [6, 6.07) is 2.39. The van der Waals surface area contributed by atoms with Crippen LogP contribution >= 0.6 is 0 Å². The SMILES string of the molecule is CCCCOC[Si](CC)(OCC)O[Si](CC)(COCCCC)O[Si](CC)(COCCCC)OCC. The fourth-order valence-electron chi connectivity index (χ4n) is 3.71. The smallest absolute Gasteiger partial charge is 0.355 e. The number of rotatable bonds is 26. The molecule has 7 nitrogen and oxygen atoms in total. The standard InChI is InChI=1S/C25H58O7Si3/c1-9-17-20-26-23-33(14-6,29-12-4)31-35(16-8,25-28-22-19-11-3)32-34(15-7,30-13-5)24-27-21-18-10-2/h9-25H2,1-8H3. The third kappa shape index (κ3) is 14.2. The molecule has 0 saturated heterocycles. The van der Waals surface area contributed by atoms with E-state index in [2.05, 4.69) is 41.5 Å². The molecule has 0 aliphatic rings. The Morgan fingerprint density at radius 2 is 0.743 bits per heavy atom. The second-order valence-corrected chi connectivity index (χ2v) is 19.7. The van der Waals surface area contributed by atoms with E-state index >= 15 is 0 Å². The Hall–Kier alpha value is 0.371. The van der Waals surface area contributed by atoms with E-state index in [0.29, 0.717) is 38.5 Å². The van der Waals surface area contributed by atoms with Gasteiger partial charge in [-0.2, -0.15) is 0 Å². The number of hydrogen-bond acceptors (Lipinski definition) is 7. The molecule has 0 N–H and O–H groups in total. The Labute approximate surface area is 220 Å². The largest absolute Gasteiger partial charge is 0.412 e. The quantitative estimate of drug-likeness (QED) is 0.0887. The van der Waals surface area contributed by atoms with Crippen molar-refractivity contribution in [3.8, 4) is 0 Å². The van der Waals surface area contributed by atoms with Crippen molar-refractivity contribution in [1.82, 2.24) is 0 Å². The molecular weight excluding hydrogens is 497 g/mol. The van der Waals surface area contributed by atoms with E-state index < -0.39 is 25.7 Å². The topological polar surface area (TPSA) is 64.6 Å². The summed E-state index contributed by atoms with van der Waals surface area (Å²) in [5.41, 5.74) is 0. The average Bonchev–Trinajstić information content (AvgIpc) is 2.87. The Bertz CT molecular complexity index is 458. The van der Waals surface area contributed by atoms with Crippen molar-refractivity contribution in [2.24, 2.45) is 0 Å². The second kappa shape index (κ2) is 21.3. The molecular formula is C25H58O7Si3. The third-order valence-electron chi connectivity index (χ3n) is 6.07. The van der Waals surface area contributed by atoms with Gasteiger partial charge in [-0.25, -0.2) is 0 Å². The van der Waals surface area contributed by atoms with Crippen LogP contribution in [-0.4, -0.2) is 77.4 Å². The predicted molar refractivity (Wildman–Crippen MR) is 151 cm³/mol. The lowest BCUT2D eigenvalue weighted by atomic mass is 10.4. The molecule has 0 rings (SSSR count). The molecule has 0 aromatic heterocycles. The molecule has 0 aliphatic carbocycles. The van der Waals surface area contributed by atoms with E-state index in [0.717, 1.165) is 69.9 Å². The van der Waals surface area contributed by atoms with Crippen molar-refractivity contribution in [1.29, 1.82) is 0 Å². The monoisotopic (exact) mass is 554 g/mol. The van der Waals surface area contributed by atoms with Crippen molar-refractivity contribution < 1.29 is 31.3 Å². The zero-order valence-corrected chi connectivity index (χ0v) is 27.4. The highest BCUT2D eigenvalue weighted by molar-refractivity contribution is 6.87. The van der Waals surface area contributed by atoms with Crippen LogP contribution in [0.4, 0.5) is 0 Å². The fraction of sp³-hybridized carbons (Fsp3) is 1.00. The molecule has 0 fully saturated rings. The molecule has 0 aromatic rings. The normalized spacial score (nSPS) is 17.1. The minimum atomic E-state index is -2.85. The van der Waals surface area contributed by atoms with Gasteiger partial charge in [-0.05, 0) is 51.2 Å². The van der Waals surface area contributed by atoms with E-state index in [1.54, 1.807) is 0 Å². The summed E-state index contributed by atoms with van der Waals surface area (Å²) in [6.07, 6.45) is 7.94. The molecule has 0 radical (unpaired) electrons. The molecule has 0 heterocycles. The van der Waals surface area contributed by atoms with Crippen LogP contribution in [0.5, 0.6) is 0 Å². The van der Waals surface area contributed by atoms with Gasteiger partial charge in [-0.1, -0.05) is 60.8 Å². The highest BCUT2D eigenvalue weighted by Gasteiger charge is 2.53. The first-order valence-corrected chi connectivity index (χ1v) is 21.0. The lowest BCUT2D eigenvalue weighted by Gasteiger charge is -2.44. The van der Waals surface area contributed by atoms with E-state index in [1.807, 2.05) is 13.8 Å². The van der Waals surface area contributed by atoms with Gasteiger partial charge >= 0.3 is 25.7 Å². The van der Waals surface area contributed by atoms with E-state index in [-0.39, 0.29) is 0 Å². The third-order valence-corrected chi connectivity index (χ3v) is 18.8. The van der Waals surface area contributed by atoms with Crippen molar-refractivity contribution in [3.05, 3.63) is 0 Å². The Kier molecular flexibility index (Phi) is 21.5. The Morgan fingerprint density at radius 3 is 1.00 bits per heavy atom. The highest BCUT2D eigenvalue weighted by atomic mass is 28.5. The molecule has 10 heteroatoms. The van der Waals surface area contributed by atoms with Crippen LogP contribution in [0.3, 0.4) is 0 Å². The first-order chi connectivity index (χ1) is 16.9. The molecule has 0 bridgehead atoms. The van der Waals surface area contributed by atoms with Crippen molar-refractivity contribution in [3.63, 3.8) is 0 Å². The van der Waals surface area contributed by atoms with Gasteiger partial charge in [-0.3, -0.25) is 0 Å². The summed E-state index contributed by atoms with van der Waals surface area (Å²) in [6.45, 7) is 20.4. The van der Waals surface area contributed by atoms with Crippen molar-refractivity contribution in [2.75, 3.05) is 51.7 Å². The van der Waals surface area contributed by atoms with Crippen LogP contribution in [-0.2, 0) is 31.3 Å². The van der Waals surface area contributed by atoms with Gasteiger partial charge in [-0.15, -0.1) is 0 Å². The Balaban J connectivity index is 6.01. The minimum absolute atomic E-state index is 0.483. The molecule has 0 aromatic carbocycles. The zero-order valence-electron chi connectivity index (χ0n) is 24.4. The van der Waals surface area contributed by atoms with E-state index in [9.17, 15) is 0 Å². The van der Waals surface area contributed by atoms with Crippen LogP contribution in [0.1, 0.15) is 93.9 Å². The van der Waals surface area contributed by atoms with Crippen molar-refractivity contribution in [2.45, 2.75) is 112 Å². The van der Waals surface area contributed by atoms with Gasteiger partial charge in [0, 0.05) is 33.0 Å². The lowest BCUT2D eigenvalue weighted by molar-refractivity contribution is 0.0916. The lowest BCUT2D eigenvalue weighted by Crippen LogP contribution is -2.65. The first kappa shape index (κ1) is 35.4. The van der Waals surface area contributed by atoms with Gasteiger partial charge < -0.3 is 31.3 Å². The van der Waals surface area contributed by atoms with Gasteiger partial charge in [0.2, 0.25) is 0 Å². The van der Waals surface area contributed by atoms with E-state index in [1.165, 1.54) is 0 Å². The number of unbranched alkanes of at least 4 members (excludes halogenated alkanes) is 3. The fourth-order valence-corrected chi connectivity index (χ4v) is 17.0. The zero-order chi connectivity index (χ0) is 26.5. The van der Waals surface area contributed by atoms with Crippen LogP contribution in [0.25, 0.3) is 0 Å². The first-order valence-electron chi connectivity index (χ1n) is 14.3. The minimum Gasteiger partial charge on any atom is -0.412 e. The summed E-state index contributed by atoms with van der Waals surface area (Å²) >= 11 is 0. The second-order valence-electron chi connectivity index (χ2n) is 9.08. The maximum absolute atomic E-state index is 7.14. The number of ether oxygens (including phenoxy) is 3. The number of hydrogen-bond donors (Lipinski definition) is 0. The summed E-state index contributed by atoms with van der Waals surface area (Å²) < 4.78 is 45.5. The maximum Gasteiger partial charge on any atom is 0.355 e. The predicted octanol–water partition coefficient (Wildman–Crippen LogP) is 6.55. The molecule has 212 valence electrons. The van der Waals surface area contributed by atoms with Gasteiger partial charge in [0.05, 0.1) is 18.7 Å². The maximum atomic E-state index is 7.14. The van der Waals surface area contributed by atoms with Crippen LogP contribution in [0.2, 0.25) is 18.1 Å². The van der Waals surface area contributed by atoms with Gasteiger partial charge in [0.15, 0.2) is 0 Å². The summed E-state index contributed by atoms with van der Waals surface area (Å²) in [4.78, 5) is 0. The van der Waals surface area contributed by atoms with Crippen molar-refractivity contribution >= 4 is 25.7 Å². The summed E-state index contributed by atoms with van der Waals surface area (Å²) in [5.74, 6) is 0. The molecule has 0 saturated carbocycles. The summed E-state index contributed by atoms with van der Waals surface area (Å²) in [7, 11) is -8.18. The van der Waals surface area contributed by atoms with Crippen LogP contribution < -0.4 is 0 Å². The Morgan fingerprint density at radius 1 is 0.429 bits per heavy atom. The van der Waals surface area contributed by atoms with Crippen LogP contribution in [0.15, 0.2) is 0 Å². The van der Waals surface area contributed by atoms with E-state index in [4.69, 9.17) is 31.3 Å². The molecule has 0 amide bonds. The molecule has 0 aliphatic heterocycles.